The predicted molar refractivity (Wildman–Crippen MR) is 134 cm³/mol. The fraction of sp³-hybridized carbons (Fsp3) is 0.222. The maximum Gasteiger partial charge on any atom is 0.317 e. The van der Waals surface area contributed by atoms with Crippen molar-refractivity contribution >= 4 is 16.9 Å². The number of rotatable bonds is 9. The zero-order valence-electron chi connectivity index (χ0n) is 19.7. The average Bonchev–Trinajstić information content (AvgIpc) is 2.89. The summed E-state index contributed by atoms with van der Waals surface area (Å²) in [6.07, 6.45) is 0.570. The third-order valence-corrected chi connectivity index (χ3v) is 5.81. The van der Waals surface area contributed by atoms with Crippen molar-refractivity contribution < 1.29 is 14.3 Å². The number of para-hydroxylation sites is 2. The van der Waals surface area contributed by atoms with Crippen molar-refractivity contribution in [2.75, 3.05) is 20.8 Å². The van der Waals surface area contributed by atoms with Crippen LogP contribution >= 0.6 is 0 Å². The van der Waals surface area contributed by atoms with Crippen LogP contribution in [0, 0.1) is 0 Å². The summed E-state index contributed by atoms with van der Waals surface area (Å²) in [5.41, 5.74) is 1.61. The second-order valence-corrected chi connectivity index (χ2v) is 8.05. The molecule has 1 N–H and O–H groups in total. The van der Waals surface area contributed by atoms with Crippen LogP contribution in [0.15, 0.2) is 82.4 Å². The molecule has 0 aliphatic carbocycles. The summed E-state index contributed by atoms with van der Waals surface area (Å²) in [5.74, 6) is 0.900. The van der Waals surface area contributed by atoms with Gasteiger partial charge in [-0.05, 0) is 41.8 Å². The SMILES string of the molecule is COc1ccc(CCNC(=O)Cn2c(=O)c(=O)n(Cc3ccccc3)c3ccccc32)cc1OC. The quantitative estimate of drug-likeness (QED) is 0.378. The Balaban J connectivity index is 1.52. The van der Waals surface area contributed by atoms with Crippen molar-refractivity contribution in [3.05, 3.63) is 105 Å². The number of carbonyl (C=O) groups excluding carboxylic acids is 1. The second kappa shape index (κ2) is 10.7. The van der Waals surface area contributed by atoms with E-state index in [1.165, 1.54) is 9.13 Å². The van der Waals surface area contributed by atoms with Crippen LogP contribution < -0.4 is 25.9 Å². The van der Waals surface area contributed by atoms with E-state index in [-0.39, 0.29) is 19.0 Å². The zero-order valence-corrected chi connectivity index (χ0v) is 19.7. The van der Waals surface area contributed by atoms with Crippen LogP contribution in [-0.2, 0) is 24.3 Å². The van der Waals surface area contributed by atoms with E-state index < -0.39 is 11.1 Å². The Kier molecular flexibility index (Phi) is 7.30. The smallest absolute Gasteiger partial charge is 0.317 e. The fourth-order valence-corrected chi connectivity index (χ4v) is 4.03. The van der Waals surface area contributed by atoms with Gasteiger partial charge in [-0.1, -0.05) is 48.5 Å². The topological polar surface area (TPSA) is 91.6 Å². The van der Waals surface area contributed by atoms with Crippen molar-refractivity contribution in [2.24, 2.45) is 0 Å². The van der Waals surface area contributed by atoms with Gasteiger partial charge in [0.25, 0.3) is 0 Å². The molecule has 180 valence electrons. The van der Waals surface area contributed by atoms with E-state index >= 15 is 0 Å². The zero-order chi connectivity index (χ0) is 24.8. The molecule has 0 atom stereocenters. The average molecular weight is 474 g/mol. The number of benzene rings is 3. The van der Waals surface area contributed by atoms with Crippen LogP contribution in [0.3, 0.4) is 0 Å². The Bertz CT molecular complexity index is 1460. The minimum atomic E-state index is -0.727. The van der Waals surface area contributed by atoms with Gasteiger partial charge in [0.15, 0.2) is 11.5 Å². The molecular weight excluding hydrogens is 446 g/mol. The van der Waals surface area contributed by atoms with E-state index in [9.17, 15) is 14.4 Å². The van der Waals surface area contributed by atoms with Crippen LogP contribution in [0.25, 0.3) is 11.0 Å². The Morgan fingerprint density at radius 1 is 0.771 bits per heavy atom. The number of methoxy groups -OCH3 is 2. The Labute approximate surface area is 202 Å². The van der Waals surface area contributed by atoms with E-state index in [2.05, 4.69) is 5.32 Å². The first-order valence-electron chi connectivity index (χ1n) is 11.3. The van der Waals surface area contributed by atoms with Crippen LogP contribution in [-0.4, -0.2) is 35.8 Å². The lowest BCUT2D eigenvalue weighted by Crippen LogP contribution is -2.44. The molecule has 0 saturated carbocycles. The molecule has 4 rings (SSSR count). The number of fused-ring (bicyclic) bond motifs is 1. The fourth-order valence-electron chi connectivity index (χ4n) is 4.03. The molecule has 0 spiro atoms. The highest BCUT2D eigenvalue weighted by molar-refractivity contribution is 5.80. The third-order valence-electron chi connectivity index (χ3n) is 5.81. The summed E-state index contributed by atoms with van der Waals surface area (Å²) in [5, 5.41) is 2.83. The Morgan fingerprint density at radius 2 is 1.40 bits per heavy atom. The molecule has 1 amide bonds. The maximum atomic E-state index is 13.0. The summed E-state index contributed by atoms with van der Waals surface area (Å²) in [6, 6.07) is 22.2. The molecule has 0 aliphatic heterocycles. The van der Waals surface area contributed by atoms with Gasteiger partial charge in [0, 0.05) is 6.54 Å². The normalized spacial score (nSPS) is 10.8. The molecule has 0 aliphatic rings. The number of hydrogen-bond donors (Lipinski definition) is 1. The van der Waals surface area contributed by atoms with Gasteiger partial charge in [0.2, 0.25) is 5.91 Å². The molecule has 8 nitrogen and oxygen atoms in total. The predicted octanol–water partition coefficient (Wildman–Crippen LogP) is 2.59. The summed E-state index contributed by atoms with van der Waals surface area (Å²) < 4.78 is 13.3. The highest BCUT2D eigenvalue weighted by atomic mass is 16.5. The lowest BCUT2D eigenvalue weighted by Gasteiger charge is -2.15. The first kappa shape index (κ1) is 23.8. The van der Waals surface area contributed by atoms with Crippen LogP contribution in [0.1, 0.15) is 11.1 Å². The van der Waals surface area contributed by atoms with Crippen molar-refractivity contribution in [1.82, 2.24) is 14.5 Å². The third kappa shape index (κ3) is 5.27. The monoisotopic (exact) mass is 473 g/mol. The van der Waals surface area contributed by atoms with Gasteiger partial charge in [-0.15, -0.1) is 0 Å². The van der Waals surface area contributed by atoms with Gasteiger partial charge in [-0.2, -0.15) is 0 Å². The highest BCUT2D eigenvalue weighted by Crippen LogP contribution is 2.27. The molecule has 0 fully saturated rings. The van der Waals surface area contributed by atoms with Crippen molar-refractivity contribution in [3.63, 3.8) is 0 Å². The summed E-state index contributed by atoms with van der Waals surface area (Å²) in [7, 11) is 3.14. The Hall–Kier alpha value is -4.33. The minimum Gasteiger partial charge on any atom is -0.493 e. The van der Waals surface area contributed by atoms with Crippen molar-refractivity contribution in [1.29, 1.82) is 0 Å². The van der Waals surface area contributed by atoms with E-state index in [4.69, 9.17) is 9.47 Å². The molecular formula is C27H27N3O5. The molecule has 0 bridgehead atoms. The lowest BCUT2D eigenvalue weighted by atomic mass is 10.1. The number of carbonyl (C=O) groups is 1. The van der Waals surface area contributed by atoms with Crippen LogP contribution in [0.5, 0.6) is 11.5 Å². The first-order chi connectivity index (χ1) is 17.0. The maximum absolute atomic E-state index is 13.0. The molecule has 4 aromatic rings. The molecule has 1 heterocycles. The molecule has 35 heavy (non-hydrogen) atoms. The number of amides is 1. The number of nitrogens with one attached hydrogen (secondary N) is 1. The van der Waals surface area contributed by atoms with Crippen LogP contribution in [0.4, 0.5) is 0 Å². The van der Waals surface area contributed by atoms with Gasteiger partial charge in [-0.25, -0.2) is 0 Å². The summed E-state index contributed by atoms with van der Waals surface area (Å²) in [6.45, 7) is 0.395. The molecule has 3 aromatic carbocycles. The van der Waals surface area contributed by atoms with Gasteiger partial charge < -0.3 is 14.8 Å². The number of nitrogens with zero attached hydrogens (tertiary/aromatic N) is 2. The summed E-state index contributed by atoms with van der Waals surface area (Å²) >= 11 is 0. The molecule has 0 unspecified atom stereocenters. The van der Waals surface area contributed by atoms with Crippen molar-refractivity contribution in [3.8, 4) is 11.5 Å². The van der Waals surface area contributed by atoms with E-state index in [1.807, 2.05) is 48.5 Å². The highest BCUT2D eigenvalue weighted by Gasteiger charge is 2.15. The molecule has 0 saturated heterocycles. The van der Waals surface area contributed by atoms with Crippen LogP contribution in [0.2, 0.25) is 0 Å². The number of hydrogen-bond acceptors (Lipinski definition) is 5. The molecule has 1 aromatic heterocycles. The molecule has 0 radical (unpaired) electrons. The largest absolute Gasteiger partial charge is 0.493 e. The number of ether oxygens (including phenoxy) is 2. The minimum absolute atomic E-state index is 0.243. The van der Waals surface area contributed by atoms with Gasteiger partial charge in [-0.3, -0.25) is 23.5 Å². The van der Waals surface area contributed by atoms with Gasteiger partial charge in [0.1, 0.15) is 6.54 Å². The first-order valence-corrected chi connectivity index (χ1v) is 11.3. The van der Waals surface area contributed by atoms with E-state index in [0.29, 0.717) is 35.5 Å². The van der Waals surface area contributed by atoms with Gasteiger partial charge >= 0.3 is 11.1 Å². The summed E-state index contributed by atoms with van der Waals surface area (Å²) in [4.78, 5) is 38.6. The number of aromatic nitrogens is 2. The lowest BCUT2D eigenvalue weighted by molar-refractivity contribution is -0.121. The van der Waals surface area contributed by atoms with E-state index in [0.717, 1.165) is 11.1 Å². The van der Waals surface area contributed by atoms with Crippen molar-refractivity contribution in [2.45, 2.75) is 19.5 Å². The Morgan fingerprint density at radius 3 is 2.09 bits per heavy atom. The standard InChI is InChI=1S/C27H27N3O5/c1-34-23-13-12-19(16-24(23)35-2)14-15-28-25(31)18-30-22-11-7-6-10-21(22)29(26(32)27(30)33)17-20-8-4-3-5-9-20/h3-13,16H,14-15,17-18H2,1-2H3,(H,28,31). The van der Waals surface area contributed by atoms with E-state index in [1.54, 1.807) is 38.5 Å². The van der Waals surface area contributed by atoms with Gasteiger partial charge in [0.05, 0.1) is 31.8 Å². The molecule has 8 heteroatoms. The second-order valence-electron chi connectivity index (χ2n) is 8.05.